The summed E-state index contributed by atoms with van der Waals surface area (Å²) in [6.07, 6.45) is 0. The number of hydrogen-bond acceptors (Lipinski definition) is 7. The Hall–Kier alpha value is -3.96. The Morgan fingerprint density at radius 2 is 1.94 bits per heavy atom. The van der Waals surface area contributed by atoms with E-state index in [0.29, 0.717) is 28.0 Å². The molecular formula is C25H20FN3O3S. The SMILES string of the molecule is CC(=O)C1=C(C)NC(N)=C(C(=O)OCc2ccc(F)cc2)C1c1csc2c(C#N)cccc12. The quantitative estimate of drug-likeness (QED) is 0.547. The van der Waals surface area contributed by atoms with Crippen molar-refractivity contribution in [3.63, 3.8) is 0 Å². The number of rotatable bonds is 5. The maximum Gasteiger partial charge on any atom is 0.339 e. The number of benzene rings is 2. The Morgan fingerprint density at radius 1 is 1.21 bits per heavy atom. The van der Waals surface area contributed by atoms with Gasteiger partial charge in [0.25, 0.3) is 0 Å². The topological polar surface area (TPSA) is 105 Å². The van der Waals surface area contributed by atoms with Crippen molar-refractivity contribution in [1.29, 1.82) is 5.26 Å². The number of fused-ring (bicyclic) bond motifs is 1. The number of allylic oxidation sites excluding steroid dienone is 2. The van der Waals surface area contributed by atoms with E-state index in [1.54, 1.807) is 19.1 Å². The number of carbonyl (C=O) groups excluding carboxylic acids is 2. The van der Waals surface area contributed by atoms with Crippen LogP contribution in [0.3, 0.4) is 0 Å². The van der Waals surface area contributed by atoms with Crippen LogP contribution in [0, 0.1) is 17.1 Å². The summed E-state index contributed by atoms with van der Waals surface area (Å²) in [7, 11) is 0. The van der Waals surface area contributed by atoms with Crippen LogP contribution in [0.1, 0.15) is 36.5 Å². The van der Waals surface area contributed by atoms with Gasteiger partial charge in [0.05, 0.1) is 21.8 Å². The second-order valence-corrected chi connectivity index (χ2v) is 8.55. The Balaban J connectivity index is 1.79. The number of dihydropyridines is 1. The lowest BCUT2D eigenvalue weighted by Crippen LogP contribution is -2.35. The highest BCUT2D eigenvalue weighted by atomic mass is 32.1. The first-order chi connectivity index (χ1) is 15.8. The number of nitrogens with one attached hydrogen (secondary N) is 1. The van der Waals surface area contributed by atoms with E-state index in [-0.39, 0.29) is 29.6 Å². The van der Waals surface area contributed by atoms with Crippen molar-refractivity contribution in [1.82, 2.24) is 5.32 Å². The second-order valence-electron chi connectivity index (χ2n) is 7.67. The van der Waals surface area contributed by atoms with Gasteiger partial charge < -0.3 is 15.8 Å². The number of thiophene rings is 1. The molecule has 0 radical (unpaired) electrons. The molecule has 0 amide bonds. The minimum Gasteiger partial charge on any atom is -0.457 e. The molecule has 6 nitrogen and oxygen atoms in total. The predicted octanol–water partition coefficient (Wildman–Crippen LogP) is 4.38. The molecule has 4 rings (SSSR count). The van der Waals surface area contributed by atoms with Crippen molar-refractivity contribution in [2.24, 2.45) is 5.73 Å². The second kappa shape index (κ2) is 8.88. The average Bonchev–Trinajstić information content (AvgIpc) is 3.21. The van der Waals surface area contributed by atoms with Gasteiger partial charge >= 0.3 is 5.97 Å². The minimum atomic E-state index is -0.757. The van der Waals surface area contributed by atoms with Gasteiger partial charge in [-0.2, -0.15) is 5.26 Å². The maximum absolute atomic E-state index is 13.2. The number of hydrogen-bond donors (Lipinski definition) is 2. The van der Waals surface area contributed by atoms with Gasteiger partial charge in [-0.25, -0.2) is 9.18 Å². The number of carbonyl (C=O) groups is 2. The van der Waals surface area contributed by atoms with Gasteiger partial charge in [0.2, 0.25) is 0 Å². The van der Waals surface area contributed by atoms with E-state index in [1.165, 1.54) is 42.5 Å². The van der Waals surface area contributed by atoms with Crippen LogP contribution in [0.15, 0.2) is 70.5 Å². The highest BCUT2D eigenvalue weighted by Gasteiger charge is 2.38. The number of nitriles is 1. The average molecular weight is 462 g/mol. The Bertz CT molecular complexity index is 1380. The van der Waals surface area contributed by atoms with Crippen LogP contribution in [0.25, 0.3) is 10.1 Å². The molecule has 0 spiro atoms. The fourth-order valence-corrected chi connectivity index (χ4v) is 5.12. The molecule has 1 aromatic heterocycles. The van der Waals surface area contributed by atoms with Gasteiger partial charge in [0.1, 0.15) is 24.3 Å². The zero-order valence-electron chi connectivity index (χ0n) is 17.9. The van der Waals surface area contributed by atoms with Crippen LogP contribution in [-0.2, 0) is 20.9 Å². The van der Waals surface area contributed by atoms with Crippen molar-refractivity contribution in [3.05, 3.63) is 93.0 Å². The van der Waals surface area contributed by atoms with Gasteiger partial charge in [-0.3, -0.25) is 4.79 Å². The number of Topliss-reactive ketones (excluding diaryl/α,β-unsaturated/α-hetero) is 1. The predicted molar refractivity (Wildman–Crippen MR) is 123 cm³/mol. The van der Waals surface area contributed by atoms with Gasteiger partial charge in [-0.15, -0.1) is 11.3 Å². The molecule has 8 heteroatoms. The van der Waals surface area contributed by atoms with E-state index in [2.05, 4.69) is 11.4 Å². The van der Waals surface area contributed by atoms with Crippen molar-refractivity contribution in [2.75, 3.05) is 0 Å². The molecule has 0 aliphatic carbocycles. The minimum absolute atomic E-state index is 0.0797. The van der Waals surface area contributed by atoms with E-state index in [0.717, 1.165) is 10.1 Å². The first-order valence-electron chi connectivity index (χ1n) is 10.1. The number of halogens is 1. The van der Waals surface area contributed by atoms with Crippen LogP contribution in [-0.4, -0.2) is 11.8 Å². The highest BCUT2D eigenvalue weighted by molar-refractivity contribution is 7.17. The van der Waals surface area contributed by atoms with E-state index in [9.17, 15) is 19.2 Å². The molecule has 0 fully saturated rings. The van der Waals surface area contributed by atoms with Gasteiger partial charge in [-0.1, -0.05) is 24.3 Å². The third kappa shape index (κ3) is 4.11. The molecule has 2 aromatic carbocycles. The molecule has 0 saturated heterocycles. The summed E-state index contributed by atoms with van der Waals surface area (Å²) in [6.45, 7) is 3.09. The molecule has 1 aliphatic rings. The van der Waals surface area contributed by atoms with E-state index in [4.69, 9.17) is 10.5 Å². The first kappa shape index (κ1) is 22.2. The fraction of sp³-hybridized carbons (Fsp3) is 0.160. The largest absolute Gasteiger partial charge is 0.457 e. The highest BCUT2D eigenvalue weighted by Crippen LogP contribution is 2.43. The molecule has 1 aliphatic heterocycles. The lowest BCUT2D eigenvalue weighted by Gasteiger charge is -2.29. The van der Waals surface area contributed by atoms with Crippen molar-refractivity contribution in [2.45, 2.75) is 26.4 Å². The van der Waals surface area contributed by atoms with Crippen molar-refractivity contribution >= 4 is 33.2 Å². The third-order valence-electron chi connectivity index (χ3n) is 5.54. The molecule has 3 N–H and O–H groups in total. The number of nitrogens with zero attached hydrogens (tertiary/aromatic N) is 1. The molecular weight excluding hydrogens is 441 g/mol. The molecule has 166 valence electrons. The third-order valence-corrected chi connectivity index (χ3v) is 6.58. The fourth-order valence-electron chi connectivity index (χ4n) is 4.06. The van der Waals surface area contributed by atoms with E-state index < -0.39 is 11.9 Å². The van der Waals surface area contributed by atoms with Crippen LogP contribution in [0.2, 0.25) is 0 Å². The van der Waals surface area contributed by atoms with Gasteiger partial charge in [0.15, 0.2) is 5.78 Å². The monoisotopic (exact) mass is 461 g/mol. The Labute approximate surface area is 193 Å². The van der Waals surface area contributed by atoms with Crippen LogP contribution in [0.5, 0.6) is 0 Å². The lowest BCUT2D eigenvalue weighted by molar-refractivity contribution is -0.140. The number of esters is 1. The van der Waals surface area contributed by atoms with Gasteiger partial charge in [-0.05, 0) is 53.9 Å². The van der Waals surface area contributed by atoms with Crippen molar-refractivity contribution in [3.8, 4) is 6.07 Å². The summed E-state index contributed by atoms with van der Waals surface area (Å²) in [5, 5.41) is 15.0. The number of ketones is 1. The maximum atomic E-state index is 13.2. The van der Waals surface area contributed by atoms with Crippen LogP contribution >= 0.6 is 11.3 Å². The van der Waals surface area contributed by atoms with Crippen molar-refractivity contribution < 1.29 is 18.7 Å². The molecule has 0 bridgehead atoms. The molecule has 33 heavy (non-hydrogen) atoms. The van der Waals surface area contributed by atoms with Crippen LogP contribution < -0.4 is 11.1 Å². The standard InChI is InChI=1S/C25H20FN3O3S/c1-13-20(14(2)30)21(19-12-33-23-16(10-27)4-3-5-18(19)23)22(24(28)29-13)25(31)32-11-15-6-8-17(26)9-7-15/h3-9,12,21,29H,11,28H2,1-2H3. The summed E-state index contributed by atoms with van der Waals surface area (Å²) in [5.41, 5.74) is 9.15. The van der Waals surface area contributed by atoms with E-state index >= 15 is 0 Å². The van der Waals surface area contributed by atoms with Crippen LogP contribution in [0.4, 0.5) is 4.39 Å². The molecule has 1 atom stereocenters. The van der Waals surface area contributed by atoms with Gasteiger partial charge in [0, 0.05) is 11.3 Å². The zero-order chi connectivity index (χ0) is 23.7. The molecule has 3 aromatic rings. The summed E-state index contributed by atoms with van der Waals surface area (Å²) in [6, 6.07) is 13.1. The summed E-state index contributed by atoms with van der Waals surface area (Å²) < 4.78 is 19.5. The summed E-state index contributed by atoms with van der Waals surface area (Å²) in [4.78, 5) is 25.9. The summed E-state index contributed by atoms with van der Waals surface area (Å²) in [5.74, 6) is -1.94. The molecule has 2 heterocycles. The summed E-state index contributed by atoms with van der Waals surface area (Å²) >= 11 is 1.37. The molecule has 0 saturated carbocycles. The first-order valence-corrected chi connectivity index (χ1v) is 11.0. The Kier molecular flexibility index (Phi) is 5.99. The lowest BCUT2D eigenvalue weighted by atomic mass is 9.79. The smallest absolute Gasteiger partial charge is 0.339 e. The Morgan fingerprint density at radius 3 is 2.61 bits per heavy atom. The number of ether oxygens (including phenoxy) is 1. The number of nitrogens with two attached hydrogens (primary N) is 1. The normalized spacial score (nSPS) is 15.9. The zero-order valence-corrected chi connectivity index (χ0v) is 18.8. The molecule has 1 unspecified atom stereocenters. The van der Waals surface area contributed by atoms with E-state index in [1.807, 2.05) is 11.4 Å².